The van der Waals surface area contributed by atoms with E-state index in [0.29, 0.717) is 5.56 Å². The van der Waals surface area contributed by atoms with Crippen LogP contribution >= 0.6 is 0 Å². The summed E-state index contributed by atoms with van der Waals surface area (Å²) in [5.74, 6) is 0. The molecule has 2 nitrogen and oxygen atoms in total. The predicted octanol–water partition coefficient (Wildman–Crippen LogP) is 3.32. The Balaban J connectivity index is 2.15. The lowest BCUT2D eigenvalue weighted by Gasteiger charge is -1.92. The first-order valence-corrected chi connectivity index (χ1v) is 4.59. The fourth-order valence-electron chi connectivity index (χ4n) is 1.23. The van der Waals surface area contributed by atoms with Crippen LogP contribution in [0.3, 0.4) is 0 Å². The molecule has 0 N–H and O–H groups in total. The van der Waals surface area contributed by atoms with Crippen LogP contribution in [0.5, 0.6) is 0 Å². The first kappa shape index (κ1) is 9.29. The van der Waals surface area contributed by atoms with E-state index in [1.807, 2.05) is 30.4 Å². The second kappa shape index (κ2) is 4.30. The molecule has 2 rings (SSSR count). The van der Waals surface area contributed by atoms with Gasteiger partial charge in [-0.3, -0.25) is 0 Å². The van der Waals surface area contributed by atoms with Crippen LogP contribution < -0.4 is 0 Å². The van der Waals surface area contributed by atoms with Crippen molar-refractivity contribution < 1.29 is 4.42 Å². The molecule has 0 aliphatic carbocycles. The number of rotatable bonds is 2. The number of benzene rings is 1. The average molecular weight is 195 g/mol. The van der Waals surface area contributed by atoms with Crippen LogP contribution in [0.25, 0.3) is 12.2 Å². The zero-order valence-electron chi connectivity index (χ0n) is 8.05. The minimum atomic E-state index is 0.676. The van der Waals surface area contributed by atoms with E-state index in [9.17, 15) is 0 Å². The summed E-state index contributed by atoms with van der Waals surface area (Å²) < 4.78 is 4.95. The molecule has 0 saturated carbocycles. The zero-order valence-corrected chi connectivity index (χ0v) is 8.05. The summed E-state index contributed by atoms with van der Waals surface area (Å²) in [6.07, 6.45) is 7.26. The molecular formula is C13H9NO. The van der Waals surface area contributed by atoms with Gasteiger partial charge in [0.05, 0.1) is 24.2 Å². The van der Waals surface area contributed by atoms with Gasteiger partial charge in [-0.2, -0.15) is 5.26 Å². The van der Waals surface area contributed by atoms with Crippen molar-refractivity contribution in [3.63, 3.8) is 0 Å². The maximum Gasteiger partial charge on any atom is 0.0991 e. The third-order valence-electron chi connectivity index (χ3n) is 2.05. The lowest BCUT2D eigenvalue weighted by atomic mass is 10.1. The Morgan fingerprint density at radius 2 is 1.73 bits per heavy atom. The fourth-order valence-corrected chi connectivity index (χ4v) is 1.23. The van der Waals surface area contributed by atoms with E-state index in [4.69, 9.17) is 9.68 Å². The second-order valence-corrected chi connectivity index (χ2v) is 3.12. The highest BCUT2D eigenvalue weighted by Crippen LogP contribution is 2.09. The molecular weight excluding hydrogens is 186 g/mol. The van der Waals surface area contributed by atoms with Gasteiger partial charge in [0.25, 0.3) is 0 Å². The van der Waals surface area contributed by atoms with Gasteiger partial charge in [0, 0.05) is 5.56 Å². The predicted molar refractivity (Wildman–Crippen MR) is 58.8 cm³/mol. The average Bonchev–Trinajstić information content (AvgIpc) is 2.80. The minimum Gasteiger partial charge on any atom is -0.472 e. The van der Waals surface area contributed by atoms with Crippen LogP contribution in [-0.2, 0) is 0 Å². The van der Waals surface area contributed by atoms with Crippen molar-refractivity contribution in [1.82, 2.24) is 0 Å². The molecule has 0 unspecified atom stereocenters. The van der Waals surface area contributed by atoms with Gasteiger partial charge in [0.2, 0.25) is 0 Å². The zero-order chi connectivity index (χ0) is 10.5. The molecule has 0 aliphatic rings. The van der Waals surface area contributed by atoms with Gasteiger partial charge in [0.1, 0.15) is 0 Å². The van der Waals surface area contributed by atoms with Crippen molar-refractivity contribution in [2.24, 2.45) is 0 Å². The summed E-state index contributed by atoms with van der Waals surface area (Å²) in [4.78, 5) is 0. The maximum atomic E-state index is 8.63. The van der Waals surface area contributed by atoms with Crippen LogP contribution in [0.4, 0.5) is 0 Å². The molecule has 0 atom stereocenters. The summed E-state index contributed by atoms with van der Waals surface area (Å²) in [7, 11) is 0. The Morgan fingerprint density at radius 1 is 1.00 bits per heavy atom. The Labute approximate surface area is 88.1 Å². The molecule has 0 saturated heterocycles. The largest absolute Gasteiger partial charge is 0.472 e. The normalized spacial score (nSPS) is 10.3. The highest BCUT2D eigenvalue weighted by molar-refractivity contribution is 5.69. The third kappa shape index (κ3) is 2.35. The van der Waals surface area contributed by atoms with E-state index in [2.05, 4.69) is 6.07 Å². The van der Waals surface area contributed by atoms with Gasteiger partial charge in [-0.25, -0.2) is 0 Å². The van der Waals surface area contributed by atoms with Gasteiger partial charge in [0.15, 0.2) is 0 Å². The molecule has 0 aliphatic heterocycles. The molecule has 2 heteroatoms. The number of furan rings is 1. The van der Waals surface area contributed by atoms with E-state index in [1.54, 1.807) is 24.7 Å². The highest BCUT2D eigenvalue weighted by Gasteiger charge is 1.90. The number of nitrogens with zero attached hydrogens (tertiary/aromatic N) is 1. The van der Waals surface area contributed by atoms with E-state index >= 15 is 0 Å². The van der Waals surface area contributed by atoms with Gasteiger partial charge in [-0.15, -0.1) is 0 Å². The molecule has 2 aromatic rings. The fraction of sp³-hybridized carbons (Fsp3) is 0. The molecule has 0 radical (unpaired) electrons. The van der Waals surface area contributed by atoms with E-state index in [-0.39, 0.29) is 0 Å². The minimum absolute atomic E-state index is 0.676. The van der Waals surface area contributed by atoms with Crippen molar-refractivity contribution in [3.05, 3.63) is 59.5 Å². The molecule has 0 amide bonds. The maximum absolute atomic E-state index is 8.63. The molecule has 1 heterocycles. The van der Waals surface area contributed by atoms with Crippen LogP contribution in [0.15, 0.2) is 47.3 Å². The smallest absolute Gasteiger partial charge is 0.0991 e. The highest BCUT2D eigenvalue weighted by atomic mass is 16.3. The van der Waals surface area contributed by atoms with E-state index in [1.165, 1.54) is 0 Å². The number of hydrogen-bond acceptors (Lipinski definition) is 2. The van der Waals surface area contributed by atoms with Crippen LogP contribution in [0, 0.1) is 11.3 Å². The van der Waals surface area contributed by atoms with Crippen molar-refractivity contribution in [1.29, 1.82) is 5.26 Å². The van der Waals surface area contributed by atoms with Crippen molar-refractivity contribution in [2.75, 3.05) is 0 Å². The van der Waals surface area contributed by atoms with Crippen LogP contribution in [0.2, 0.25) is 0 Å². The lowest BCUT2D eigenvalue weighted by molar-refractivity contribution is 0.567. The molecule has 72 valence electrons. The summed E-state index contributed by atoms with van der Waals surface area (Å²) in [6.45, 7) is 0. The van der Waals surface area contributed by atoms with Gasteiger partial charge < -0.3 is 4.42 Å². The molecule has 0 spiro atoms. The third-order valence-corrected chi connectivity index (χ3v) is 2.05. The first-order valence-electron chi connectivity index (χ1n) is 4.59. The molecule has 1 aromatic carbocycles. The Bertz CT molecular complexity index is 486. The van der Waals surface area contributed by atoms with E-state index < -0.39 is 0 Å². The topological polar surface area (TPSA) is 36.9 Å². The van der Waals surface area contributed by atoms with Crippen LogP contribution in [0.1, 0.15) is 16.7 Å². The van der Waals surface area contributed by atoms with Crippen molar-refractivity contribution >= 4 is 12.2 Å². The van der Waals surface area contributed by atoms with Gasteiger partial charge in [-0.1, -0.05) is 24.3 Å². The van der Waals surface area contributed by atoms with Crippen LogP contribution in [-0.4, -0.2) is 0 Å². The monoisotopic (exact) mass is 195 g/mol. The number of nitriles is 1. The molecule has 0 fully saturated rings. The lowest BCUT2D eigenvalue weighted by Crippen LogP contribution is -1.74. The standard InChI is InChI=1S/C13H9NO/c14-9-12-4-1-11(2-5-12)3-6-13-7-8-15-10-13/h1-8,10H/b6-3+. The quantitative estimate of drug-likeness (QED) is 0.737. The van der Waals surface area contributed by atoms with Crippen molar-refractivity contribution in [3.8, 4) is 6.07 Å². The Hall–Kier alpha value is -2.27. The van der Waals surface area contributed by atoms with Gasteiger partial charge >= 0.3 is 0 Å². The second-order valence-electron chi connectivity index (χ2n) is 3.12. The summed E-state index contributed by atoms with van der Waals surface area (Å²) >= 11 is 0. The van der Waals surface area contributed by atoms with E-state index in [0.717, 1.165) is 11.1 Å². The SMILES string of the molecule is N#Cc1ccc(/C=C/c2ccoc2)cc1. The molecule has 0 bridgehead atoms. The summed E-state index contributed by atoms with van der Waals surface area (Å²) in [5.41, 5.74) is 2.77. The Morgan fingerprint density at radius 3 is 2.33 bits per heavy atom. The van der Waals surface area contributed by atoms with Gasteiger partial charge in [-0.05, 0) is 23.8 Å². The summed E-state index contributed by atoms with van der Waals surface area (Å²) in [5, 5.41) is 8.63. The Kier molecular flexibility index (Phi) is 2.66. The summed E-state index contributed by atoms with van der Waals surface area (Å²) in [6, 6.07) is 11.4. The molecule has 15 heavy (non-hydrogen) atoms. The first-order chi connectivity index (χ1) is 7.38. The van der Waals surface area contributed by atoms with Crippen molar-refractivity contribution in [2.45, 2.75) is 0 Å². The number of hydrogen-bond donors (Lipinski definition) is 0. The molecule has 1 aromatic heterocycles.